The number of carbonyl (C=O) groups excluding carboxylic acids is 2. The van der Waals surface area contributed by atoms with Crippen LogP contribution in [-0.2, 0) is 9.59 Å². The quantitative estimate of drug-likeness (QED) is 0.749. The average molecular weight is 253 g/mol. The summed E-state index contributed by atoms with van der Waals surface area (Å²) in [6.07, 6.45) is 4.92. The second-order valence-corrected chi connectivity index (χ2v) is 5.50. The smallest absolute Gasteiger partial charge is 0.244 e. The van der Waals surface area contributed by atoms with Crippen molar-refractivity contribution < 1.29 is 9.59 Å². The predicted octanol–water partition coefficient (Wildman–Crippen LogP) is 0.0984. The number of amides is 2. The van der Waals surface area contributed by atoms with E-state index in [0.717, 1.165) is 38.6 Å². The predicted molar refractivity (Wildman–Crippen MR) is 68.7 cm³/mol. The van der Waals surface area contributed by atoms with Gasteiger partial charge in [0.1, 0.15) is 6.04 Å². The van der Waals surface area contributed by atoms with E-state index in [1.54, 1.807) is 11.9 Å². The van der Waals surface area contributed by atoms with Gasteiger partial charge in [0, 0.05) is 19.5 Å². The van der Waals surface area contributed by atoms with Crippen LogP contribution >= 0.6 is 0 Å². The van der Waals surface area contributed by atoms with E-state index in [4.69, 9.17) is 5.73 Å². The van der Waals surface area contributed by atoms with Crippen LogP contribution in [0.3, 0.4) is 0 Å². The first-order chi connectivity index (χ1) is 8.63. The topological polar surface area (TPSA) is 75.4 Å². The van der Waals surface area contributed by atoms with Gasteiger partial charge in [0.25, 0.3) is 0 Å². The molecule has 5 heteroatoms. The molecular weight excluding hydrogens is 230 g/mol. The van der Waals surface area contributed by atoms with E-state index in [2.05, 4.69) is 5.32 Å². The number of nitrogens with one attached hydrogen (secondary N) is 1. The van der Waals surface area contributed by atoms with Gasteiger partial charge in [0.05, 0.1) is 0 Å². The number of likely N-dealkylation sites (tertiary alicyclic amines) is 1. The van der Waals surface area contributed by atoms with Crippen molar-refractivity contribution in [1.82, 2.24) is 10.2 Å². The molecule has 1 saturated carbocycles. The van der Waals surface area contributed by atoms with E-state index in [1.807, 2.05) is 0 Å². The number of carbonyl (C=O) groups is 2. The Bertz CT molecular complexity index is 332. The summed E-state index contributed by atoms with van der Waals surface area (Å²) in [5.41, 5.74) is 5.73. The first kappa shape index (κ1) is 13.3. The minimum Gasteiger partial charge on any atom is -0.344 e. The molecule has 102 valence electrons. The molecule has 18 heavy (non-hydrogen) atoms. The number of nitrogens with two attached hydrogens (primary N) is 1. The molecule has 2 fully saturated rings. The normalized spacial score (nSPS) is 32.7. The molecule has 2 amide bonds. The first-order valence-corrected chi connectivity index (χ1v) is 6.89. The molecule has 3 atom stereocenters. The van der Waals surface area contributed by atoms with Crippen molar-refractivity contribution in [3.05, 3.63) is 0 Å². The molecule has 3 N–H and O–H groups in total. The van der Waals surface area contributed by atoms with Crippen LogP contribution in [0.4, 0.5) is 0 Å². The van der Waals surface area contributed by atoms with Crippen molar-refractivity contribution in [1.29, 1.82) is 0 Å². The van der Waals surface area contributed by atoms with Crippen molar-refractivity contribution in [2.24, 2.45) is 17.6 Å². The summed E-state index contributed by atoms with van der Waals surface area (Å²) in [6, 6.07) is -0.317. The molecule has 0 radical (unpaired) electrons. The second kappa shape index (κ2) is 5.69. The number of hydrogen-bond donors (Lipinski definition) is 2. The van der Waals surface area contributed by atoms with E-state index in [0.29, 0.717) is 6.54 Å². The Morgan fingerprint density at radius 3 is 2.72 bits per heavy atom. The molecule has 0 aromatic rings. The Kier molecular flexibility index (Phi) is 4.22. The number of nitrogens with zero attached hydrogens (tertiary/aromatic N) is 1. The van der Waals surface area contributed by atoms with Gasteiger partial charge in [-0.15, -0.1) is 0 Å². The highest BCUT2D eigenvalue weighted by Gasteiger charge is 2.35. The Morgan fingerprint density at radius 2 is 2.11 bits per heavy atom. The number of hydrogen-bond acceptors (Lipinski definition) is 3. The van der Waals surface area contributed by atoms with E-state index in [1.165, 1.54) is 0 Å². The van der Waals surface area contributed by atoms with Crippen LogP contribution in [-0.4, -0.2) is 42.9 Å². The van der Waals surface area contributed by atoms with Crippen LogP contribution in [0.25, 0.3) is 0 Å². The van der Waals surface area contributed by atoms with Gasteiger partial charge in [0.15, 0.2) is 0 Å². The van der Waals surface area contributed by atoms with Crippen molar-refractivity contribution >= 4 is 11.8 Å². The summed E-state index contributed by atoms with van der Waals surface area (Å²) < 4.78 is 0. The maximum atomic E-state index is 12.2. The molecule has 2 rings (SSSR count). The molecule has 1 aliphatic carbocycles. The summed E-state index contributed by atoms with van der Waals surface area (Å²) in [6.45, 7) is 1.30. The highest BCUT2D eigenvalue weighted by Crippen LogP contribution is 2.29. The Balaban J connectivity index is 1.92. The lowest BCUT2D eigenvalue weighted by Crippen LogP contribution is -2.46. The van der Waals surface area contributed by atoms with Gasteiger partial charge in [-0.3, -0.25) is 9.59 Å². The molecule has 3 unspecified atom stereocenters. The summed E-state index contributed by atoms with van der Waals surface area (Å²) >= 11 is 0. The van der Waals surface area contributed by atoms with E-state index in [-0.39, 0.29) is 29.7 Å². The van der Waals surface area contributed by atoms with Gasteiger partial charge in [-0.25, -0.2) is 0 Å². The van der Waals surface area contributed by atoms with E-state index >= 15 is 0 Å². The third kappa shape index (κ3) is 2.66. The lowest BCUT2D eigenvalue weighted by Gasteiger charge is -2.30. The molecule has 0 bridgehead atoms. The molecular formula is C13H23N3O2. The van der Waals surface area contributed by atoms with Gasteiger partial charge < -0.3 is 16.0 Å². The fourth-order valence-electron chi connectivity index (χ4n) is 3.07. The fraction of sp³-hybridized carbons (Fsp3) is 0.846. The fourth-order valence-corrected chi connectivity index (χ4v) is 3.07. The highest BCUT2D eigenvalue weighted by atomic mass is 16.2. The lowest BCUT2D eigenvalue weighted by atomic mass is 9.78. The lowest BCUT2D eigenvalue weighted by molar-refractivity contribution is -0.134. The molecule has 1 aliphatic heterocycles. The van der Waals surface area contributed by atoms with Gasteiger partial charge in [-0.1, -0.05) is 12.8 Å². The second-order valence-electron chi connectivity index (χ2n) is 5.50. The van der Waals surface area contributed by atoms with Gasteiger partial charge in [-0.05, 0) is 31.7 Å². The summed E-state index contributed by atoms with van der Waals surface area (Å²) in [5.74, 6) is 0.345. The number of rotatable bonds is 3. The first-order valence-electron chi connectivity index (χ1n) is 6.89. The summed E-state index contributed by atoms with van der Waals surface area (Å²) in [4.78, 5) is 25.7. The zero-order chi connectivity index (χ0) is 13.1. The molecule has 5 nitrogen and oxygen atoms in total. The van der Waals surface area contributed by atoms with E-state index in [9.17, 15) is 9.59 Å². The van der Waals surface area contributed by atoms with Crippen LogP contribution < -0.4 is 11.1 Å². The summed E-state index contributed by atoms with van der Waals surface area (Å²) in [7, 11) is 1.78. The molecule has 0 spiro atoms. The zero-order valence-corrected chi connectivity index (χ0v) is 11.0. The molecule has 0 aromatic heterocycles. The zero-order valence-electron chi connectivity index (χ0n) is 11.0. The molecule has 1 heterocycles. The number of likely N-dealkylation sites (N-methyl/N-ethyl adjacent to an activating group) is 1. The van der Waals surface area contributed by atoms with Gasteiger partial charge >= 0.3 is 0 Å². The van der Waals surface area contributed by atoms with E-state index < -0.39 is 0 Å². The van der Waals surface area contributed by atoms with Gasteiger partial charge in [0.2, 0.25) is 11.8 Å². The standard InChI is InChI=1S/C13H23N3O2/c1-16-7-6-11(13(16)18)15-12(17)10-5-3-2-4-9(10)8-14/h9-11H,2-8,14H2,1H3,(H,15,17). The molecule has 0 aromatic carbocycles. The third-order valence-corrected chi connectivity index (χ3v) is 4.29. The van der Waals surface area contributed by atoms with Crippen LogP contribution in [0.2, 0.25) is 0 Å². The maximum absolute atomic E-state index is 12.2. The van der Waals surface area contributed by atoms with Crippen LogP contribution in [0, 0.1) is 11.8 Å². The van der Waals surface area contributed by atoms with Crippen molar-refractivity contribution in [3.63, 3.8) is 0 Å². The molecule has 2 aliphatic rings. The average Bonchev–Trinajstić information content (AvgIpc) is 2.70. The minimum atomic E-state index is -0.317. The largest absolute Gasteiger partial charge is 0.344 e. The van der Waals surface area contributed by atoms with Crippen molar-refractivity contribution in [2.45, 2.75) is 38.1 Å². The Morgan fingerprint density at radius 1 is 1.39 bits per heavy atom. The monoisotopic (exact) mass is 253 g/mol. The maximum Gasteiger partial charge on any atom is 0.244 e. The Hall–Kier alpha value is -1.10. The third-order valence-electron chi connectivity index (χ3n) is 4.29. The SMILES string of the molecule is CN1CCC(NC(=O)C2CCCCC2CN)C1=O. The van der Waals surface area contributed by atoms with Crippen molar-refractivity contribution in [2.75, 3.05) is 20.1 Å². The Labute approximate surface area is 108 Å². The highest BCUT2D eigenvalue weighted by molar-refractivity contribution is 5.89. The minimum absolute atomic E-state index is 0.00227. The van der Waals surface area contributed by atoms with Crippen LogP contribution in [0.1, 0.15) is 32.1 Å². The van der Waals surface area contributed by atoms with Crippen LogP contribution in [0.15, 0.2) is 0 Å². The van der Waals surface area contributed by atoms with Crippen molar-refractivity contribution in [3.8, 4) is 0 Å². The van der Waals surface area contributed by atoms with Gasteiger partial charge in [-0.2, -0.15) is 0 Å². The molecule has 1 saturated heterocycles. The summed E-state index contributed by atoms with van der Waals surface area (Å²) in [5, 5.41) is 2.91. The van der Waals surface area contributed by atoms with Crippen LogP contribution in [0.5, 0.6) is 0 Å².